The van der Waals surface area contributed by atoms with Gasteiger partial charge in [-0.3, -0.25) is 4.79 Å². The normalized spacial score (nSPS) is 10.9. The minimum atomic E-state index is -0.156. The van der Waals surface area contributed by atoms with Crippen molar-refractivity contribution >= 4 is 16.9 Å². The van der Waals surface area contributed by atoms with Crippen LogP contribution in [0.5, 0.6) is 5.75 Å². The van der Waals surface area contributed by atoms with Crippen molar-refractivity contribution < 1.29 is 9.53 Å². The fourth-order valence-electron chi connectivity index (χ4n) is 3.32. The number of nitrogens with zero attached hydrogens (tertiary/aromatic N) is 3. The number of aromatic nitrogens is 3. The van der Waals surface area contributed by atoms with Gasteiger partial charge < -0.3 is 10.1 Å². The Labute approximate surface area is 175 Å². The summed E-state index contributed by atoms with van der Waals surface area (Å²) in [4.78, 5) is 12.7. The first kappa shape index (κ1) is 19.6. The zero-order valence-electron chi connectivity index (χ0n) is 17.1. The van der Waals surface area contributed by atoms with E-state index in [1.165, 1.54) is 5.56 Å². The Kier molecular flexibility index (Phi) is 5.75. The third kappa shape index (κ3) is 4.33. The van der Waals surface area contributed by atoms with Crippen LogP contribution >= 0.6 is 0 Å². The van der Waals surface area contributed by atoms with Crippen LogP contribution in [0.1, 0.15) is 34.0 Å². The molecule has 6 nitrogen and oxygen atoms in total. The Morgan fingerprint density at radius 3 is 2.67 bits per heavy atom. The van der Waals surface area contributed by atoms with Crippen molar-refractivity contribution in [3.8, 4) is 5.75 Å². The monoisotopic (exact) mass is 400 g/mol. The molecular formula is C24H24N4O2. The number of carbonyl (C=O) groups excluding carboxylic acids is 1. The van der Waals surface area contributed by atoms with Gasteiger partial charge in [0.25, 0.3) is 5.91 Å². The molecule has 30 heavy (non-hydrogen) atoms. The Bertz CT molecular complexity index is 1170. The van der Waals surface area contributed by atoms with E-state index in [1.807, 2.05) is 41.9 Å². The van der Waals surface area contributed by atoms with Crippen LogP contribution in [0.4, 0.5) is 0 Å². The molecule has 0 bridgehead atoms. The van der Waals surface area contributed by atoms with E-state index < -0.39 is 0 Å². The van der Waals surface area contributed by atoms with Crippen molar-refractivity contribution in [1.29, 1.82) is 0 Å². The van der Waals surface area contributed by atoms with E-state index >= 15 is 0 Å². The van der Waals surface area contributed by atoms with E-state index in [1.54, 1.807) is 12.1 Å². The summed E-state index contributed by atoms with van der Waals surface area (Å²) in [5, 5.41) is 11.5. The number of aryl methyl sites for hydroxylation is 1. The fraction of sp³-hybridized carbons (Fsp3) is 0.208. The number of hydrogen-bond acceptors (Lipinski definition) is 4. The highest BCUT2D eigenvalue weighted by Gasteiger charge is 2.12. The zero-order chi connectivity index (χ0) is 20.9. The molecule has 0 aliphatic rings. The molecule has 6 heteroatoms. The van der Waals surface area contributed by atoms with E-state index in [0.717, 1.165) is 22.4 Å². The van der Waals surface area contributed by atoms with Crippen molar-refractivity contribution in [1.82, 2.24) is 20.3 Å². The summed E-state index contributed by atoms with van der Waals surface area (Å²) in [6.45, 7) is 5.62. The molecule has 1 amide bonds. The van der Waals surface area contributed by atoms with Gasteiger partial charge in [0.05, 0.1) is 18.7 Å². The number of hydrogen-bond donors (Lipinski definition) is 1. The SMILES string of the molecule is CCOc1ccccc1CNC(=O)c1ccc2c(c1)nnn2Cc1ccc(C)cc1. The van der Waals surface area contributed by atoms with Gasteiger partial charge in [-0.25, -0.2) is 4.68 Å². The average molecular weight is 400 g/mol. The highest BCUT2D eigenvalue weighted by atomic mass is 16.5. The second-order valence-electron chi connectivity index (χ2n) is 7.16. The predicted molar refractivity (Wildman–Crippen MR) is 117 cm³/mol. The smallest absolute Gasteiger partial charge is 0.251 e. The van der Waals surface area contributed by atoms with Crippen LogP contribution < -0.4 is 10.1 Å². The van der Waals surface area contributed by atoms with Crippen LogP contribution in [-0.4, -0.2) is 27.5 Å². The van der Waals surface area contributed by atoms with Crippen molar-refractivity contribution in [3.63, 3.8) is 0 Å². The summed E-state index contributed by atoms with van der Waals surface area (Å²) >= 11 is 0. The number of amides is 1. The van der Waals surface area contributed by atoms with Crippen molar-refractivity contribution in [3.05, 3.63) is 89.0 Å². The molecule has 0 aliphatic heterocycles. The van der Waals surface area contributed by atoms with Gasteiger partial charge in [0.1, 0.15) is 11.3 Å². The maximum atomic E-state index is 12.7. The first-order chi connectivity index (χ1) is 14.6. The molecular weight excluding hydrogens is 376 g/mol. The Morgan fingerprint density at radius 1 is 1.07 bits per heavy atom. The Hall–Kier alpha value is -3.67. The quantitative estimate of drug-likeness (QED) is 0.507. The molecule has 0 unspecified atom stereocenters. The summed E-state index contributed by atoms with van der Waals surface area (Å²) in [5.74, 6) is 0.631. The van der Waals surface area contributed by atoms with Gasteiger partial charge in [0, 0.05) is 17.7 Å². The summed E-state index contributed by atoms with van der Waals surface area (Å²) in [7, 11) is 0. The molecule has 1 aromatic heterocycles. The molecule has 0 fully saturated rings. The molecule has 1 N–H and O–H groups in total. The van der Waals surface area contributed by atoms with Crippen molar-refractivity contribution in [2.75, 3.05) is 6.61 Å². The average Bonchev–Trinajstić information content (AvgIpc) is 3.16. The lowest BCUT2D eigenvalue weighted by Crippen LogP contribution is -2.23. The lowest BCUT2D eigenvalue weighted by atomic mass is 10.1. The first-order valence-corrected chi connectivity index (χ1v) is 10.0. The topological polar surface area (TPSA) is 69.0 Å². The maximum Gasteiger partial charge on any atom is 0.251 e. The molecule has 0 aliphatic carbocycles. The molecule has 4 rings (SSSR count). The third-order valence-electron chi connectivity index (χ3n) is 4.94. The van der Waals surface area contributed by atoms with Crippen LogP contribution in [0.15, 0.2) is 66.7 Å². The zero-order valence-corrected chi connectivity index (χ0v) is 17.1. The number of para-hydroxylation sites is 1. The van der Waals surface area contributed by atoms with Crippen LogP contribution in [0.25, 0.3) is 11.0 Å². The number of carbonyl (C=O) groups is 1. The van der Waals surface area contributed by atoms with E-state index in [9.17, 15) is 4.79 Å². The Balaban J connectivity index is 1.47. The van der Waals surface area contributed by atoms with Gasteiger partial charge in [0.2, 0.25) is 0 Å². The van der Waals surface area contributed by atoms with E-state index in [4.69, 9.17) is 4.74 Å². The van der Waals surface area contributed by atoms with E-state index in [2.05, 4.69) is 46.8 Å². The molecule has 0 radical (unpaired) electrons. The Morgan fingerprint density at radius 2 is 1.87 bits per heavy atom. The highest BCUT2D eigenvalue weighted by Crippen LogP contribution is 2.19. The van der Waals surface area contributed by atoms with Gasteiger partial charge in [-0.15, -0.1) is 5.10 Å². The summed E-state index contributed by atoms with van der Waals surface area (Å²) < 4.78 is 7.47. The van der Waals surface area contributed by atoms with E-state index in [-0.39, 0.29) is 5.91 Å². The van der Waals surface area contributed by atoms with Crippen LogP contribution in [0.2, 0.25) is 0 Å². The fourth-order valence-corrected chi connectivity index (χ4v) is 3.32. The van der Waals surface area contributed by atoms with Gasteiger partial charge in [-0.2, -0.15) is 0 Å². The lowest BCUT2D eigenvalue weighted by Gasteiger charge is -2.11. The van der Waals surface area contributed by atoms with Gasteiger partial charge in [-0.05, 0) is 43.7 Å². The first-order valence-electron chi connectivity index (χ1n) is 10.0. The van der Waals surface area contributed by atoms with Crippen LogP contribution in [-0.2, 0) is 13.1 Å². The van der Waals surface area contributed by atoms with Gasteiger partial charge in [0.15, 0.2) is 0 Å². The number of benzene rings is 3. The number of ether oxygens (including phenoxy) is 1. The molecule has 3 aromatic carbocycles. The maximum absolute atomic E-state index is 12.7. The summed E-state index contributed by atoms with van der Waals surface area (Å²) in [6, 6.07) is 21.5. The minimum absolute atomic E-state index is 0.156. The molecule has 152 valence electrons. The summed E-state index contributed by atoms with van der Waals surface area (Å²) in [5.41, 5.74) is 5.47. The minimum Gasteiger partial charge on any atom is -0.494 e. The standard InChI is InChI=1S/C24H24N4O2/c1-3-30-23-7-5-4-6-20(23)15-25-24(29)19-12-13-22-21(14-19)26-27-28(22)16-18-10-8-17(2)9-11-18/h4-14H,3,15-16H2,1-2H3,(H,25,29). The van der Waals surface area contributed by atoms with Crippen molar-refractivity contribution in [2.45, 2.75) is 26.9 Å². The van der Waals surface area contributed by atoms with E-state index in [0.29, 0.717) is 30.8 Å². The summed E-state index contributed by atoms with van der Waals surface area (Å²) in [6.07, 6.45) is 0. The molecule has 4 aromatic rings. The second-order valence-corrected chi connectivity index (χ2v) is 7.16. The van der Waals surface area contributed by atoms with Crippen LogP contribution in [0.3, 0.4) is 0 Å². The van der Waals surface area contributed by atoms with Crippen molar-refractivity contribution in [2.24, 2.45) is 0 Å². The molecule has 0 saturated carbocycles. The second kappa shape index (κ2) is 8.78. The molecule has 0 atom stereocenters. The molecule has 1 heterocycles. The van der Waals surface area contributed by atoms with Gasteiger partial charge in [-0.1, -0.05) is 53.2 Å². The lowest BCUT2D eigenvalue weighted by molar-refractivity contribution is 0.0950. The van der Waals surface area contributed by atoms with Gasteiger partial charge >= 0.3 is 0 Å². The largest absolute Gasteiger partial charge is 0.494 e. The number of rotatable bonds is 7. The number of nitrogens with one attached hydrogen (secondary N) is 1. The molecule has 0 spiro atoms. The predicted octanol–water partition coefficient (Wildman–Crippen LogP) is 4.12. The third-order valence-corrected chi connectivity index (χ3v) is 4.94. The highest BCUT2D eigenvalue weighted by molar-refractivity contribution is 5.97. The van der Waals surface area contributed by atoms with Crippen LogP contribution in [0, 0.1) is 6.92 Å². The number of fused-ring (bicyclic) bond motifs is 1. The molecule has 0 saturated heterocycles.